The van der Waals surface area contributed by atoms with Gasteiger partial charge in [0.1, 0.15) is 6.10 Å². The van der Waals surface area contributed by atoms with Crippen LogP contribution in [0.4, 0.5) is 0 Å². The molecule has 1 rings (SSSR count). The van der Waals surface area contributed by atoms with Crippen molar-refractivity contribution in [3.05, 3.63) is 0 Å². The highest BCUT2D eigenvalue weighted by Gasteiger charge is 2.42. The maximum atomic E-state index is 9.13. The molecule has 1 saturated heterocycles. The van der Waals surface area contributed by atoms with Crippen molar-refractivity contribution in [2.45, 2.75) is 247 Å². The molecule has 12 heteroatoms. The van der Waals surface area contributed by atoms with E-state index < -0.39 is 25.4 Å². The Kier molecular flexibility index (Phi) is 73.5. The zero-order valence-corrected chi connectivity index (χ0v) is 39.5. The summed E-state index contributed by atoms with van der Waals surface area (Å²) < 4.78 is 45.7. The van der Waals surface area contributed by atoms with Gasteiger partial charge in [0.15, 0.2) is 8.32 Å². The molecular formula is C47H118O9Si3. The topological polar surface area (TPSA) is 97.4 Å². The van der Waals surface area contributed by atoms with Gasteiger partial charge in [-0.15, -0.1) is 0 Å². The SMILES string of the molecule is C.C.C.C.C.C.C.CCCCCCC[Si](C)(C)O[Si](C)(C)O[Si](C)(CCCCCCC)OCC.CCCCOCCOCC(O)CC.CCCCOCCOCC1CO1. The number of aliphatic hydroxyl groups excluding tert-OH is 1. The molecule has 0 radical (unpaired) electrons. The van der Waals surface area contributed by atoms with Gasteiger partial charge in [0.25, 0.3) is 0 Å². The smallest absolute Gasteiger partial charge is 0.326 e. The number of rotatable bonds is 35. The Morgan fingerprint density at radius 1 is 0.525 bits per heavy atom. The summed E-state index contributed by atoms with van der Waals surface area (Å²) in [5, 5.41) is 9.13. The van der Waals surface area contributed by atoms with Gasteiger partial charge in [-0.2, -0.15) is 0 Å². The van der Waals surface area contributed by atoms with Gasteiger partial charge in [0, 0.05) is 19.8 Å². The summed E-state index contributed by atoms with van der Waals surface area (Å²) in [6, 6.07) is 2.35. The Balaban J connectivity index is -0.0000000949. The fraction of sp³-hybridized carbons (Fsp3) is 1.00. The van der Waals surface area contributed by atoms with Crippen LogP contribution in [-0.4, -0.2) is 109 Å². The molecule has 9 nitrogen and oxygen atoms in total. The molecule has 1 fully saturated rings. The number of hydrogen-bond donors (Lipinski definition) is 1. The van der Waals surface area contributed by atoms with Crippen LogP contribution in [0.2, 0.25) is 44.8 Å². The summed E-state index contributed by atoms with van der Waals surface area (Å²) in [5.41, 5.74) is 0. The normalized spacial score (nSPS) is 14.1. The second-order valence-corrected chi connectivity index (χ2v) is 26.9. The molecule has 59 heavy (non-hydrogen) atoms. The summed E-state index contributed by atoms with van der Waals surface area (Å²) in [6.07, 6.45) is 18.6. The third-order valence-electron chi connectivity index (χ3n) is 8.57. The molecule has 0 bridgehead atoms. The Morgan fingerprint density at radius 2 is 0.949 bits per heavy atom. The Bertz CT molecular complexity index is 735. The van der Waals surface area contributed by atoms with Gasteiger partial charge < -0.3 is 41.4 Å². The first-order valence-electron chi connectivity index (χ1n) is 21.5. The summed E-state index contributed by atoms with van der Waals surface area (Å²) in [7, 11) is -5.97. The fourth-order valence-electron chi connectivity index (χ4n) is 5.57. The number of epoxide rings is 1. The predicted molar refractivity (Wildman–Crippen MR) is 274 cm³/mol. The quantitative estimate of drug-likeness (QED) is 0.0379. The molecule has 0 aromatic rings. The van der Waals surface area contributed by atoms with Gasteiger partial charge >= 0.3 is 17.1 Å². The summed E-state index contributed by atoms with van der Waals surface area (Å²) in [5.74, 6) is 0. The lowest BCUT2D eigenvalue weighted by Gasteiger charge is -2.39. The highest BCUT2D eigenvalue weighted by atomic mass is 28.5. The van der Waals surface area contributed by atoms with Crippen molar-refractivity contribution in [1.29, 1.82) is 0 Å². The monoisotopic (exact) mass is 911 g/mol. The minimum absolute atomic E-state index is 0. The molecule has 372 valence electrons. The largest absolute Gasteiger partial charge is 0.436 e. The van der Waals surface area contributed by atoms with Gasteiger partial charge in [-0.05, 0) is 71.0 Å². The van der Waals surface area contributed by atoms with E-state index in [1.807, 2.05) is 6.92 Å². The Hall–Kier alpha value is 0.291. The minimum Gasteiger partial charge on any atom is -0.436 e. The third-order valence-corrected chi connectivity index (χ3v) is 20.2. The number of aliphatic hydroxyl groups is 1. The van der Waals surface area contributed by atoms with Crippen LogP contribution in [0.25, 0.3) is 0 Å². The molecule has 1 aliphatic heterocycles. The second kappa shape index (κ2) is 54.4. The maximum Gasteiger partial charge on any atom is 0.326 e. The molecule has 0 saturated carbocycles. The van der Waals surface area contributed by atoms with Crippen molar-refractivity contribution in [3.63, 3.8) is 0 Å². The first-order chi connectivity index (χ1) is 24.8. The highest BCUT2D eigenvalue weighted by molar-refractivity contribution is 6.86. The van der Waals surface area contributed by atoms with Crippen molar-refractivity contribution in [2.75, 3.05) is 66.1 Å². The minimum atomic E-state index is -2.16. The van der Waals surface area contributed by atoms with Crippen LogP contribution >= 0.6 is 0 Å². The highest BCUT2D eigenvalue weighted by Crippen LogP contribution is 2.28. The molecule has 3 unspecified atom stereocenters. The lowest BCUT2D eigenvalue weighted by molar-refractivity contribution is 0.00256. The van der Waals surface area contributed by atoms with Crippen LogP contribution in [0.1, 0.15) is 190 Å². The molecule has 0 aromatic heterocycles. The Labute approximate surface area is 378 Å². The predicted octanol–water partition coefficient (Wildman–Crippen LogP) is 15.2. The first kappa shape index (κ1) is 79.7. The molecule has 0 spiro atoms. The average Bonchev–Trinajstić information content (AvgIpc) is 3.91. The standard InChI is InChI=1S/C21H50O3Si3.C10H22O3.C9H18O3.7CH4/c1-9-12-14-16-18-20-25(4,5)23-26(6,7)24-27(8,22-11-3)21-19-17-15-13-10-2;1-3-5-6-12-7-8-13-9-10(11)4-2;1-2-3-4-10-5-6-11-7-9-8-12-9;;;;;;;/h9-21H2,1-8H3;10-11H,3-9H2,1-2H3;9H,2-8H2,1H3;7*1H4. The first-order valence-corrected chi connectivity index (χ1v) is 29.9. The van der Waals surface area contributed by atoms with E-state index in [-0.39, 0.29) is 58.1 Å². The molecule has 0 aromatic carbocycles. The maximum absolute atomic E-state index is 9.13. The summed E-state index contributed by atoms with van der Waals surface area (Å²) >= 11 is 0. The van der Waals surface area contributed by atoms with E-state index in [1.165, 1.54) is 76.7 Å². The summed E-state index contributed by atoms with van der Waals surface area (Å²) in [6.45, 7) is 31.4. The van der Waals surface area contributed by atoms with Crippen molar-refractivity contribution < 1.29 is 41.4 Å². The zero-order valence-electron chi connectivity index (χ0n) is 36.5. The van der Waals surface area contributed by atoms with Crippen molar-refractivity contribution in [2.24, 2.45) is 0 Å². The van der Waals surface area contributed by atoms with E-state index in [4.69, 9.17) is 41.4 Å². The van der Waals surface area contributed by atoms with E-state index in [1.54, 1.807) is 0 Å². The van der Waals surface area contributed by atoms with E-state index >= 15 is 0 Å². The molecule has 0 aliphatic carbocycles. The Morgan fingerprint density at radius 3 is 1.37 bits per heavy atom. The molecular weight excluding hydrogens is 793 g/mol. The van der Waals surface area contributed by atoms with Gasteiger partial charge in [0.05, 0.1) is 52.4 Å². The molecule has 1 heterocycles. The van der Waals surface area contributed by atoms with E-state index in [0.29, 0.717) is 39.1 Å². The summed E-state index contributed by atoms with van der Waals surface area (Å²) in [4.78, 5) is 0. The van der Waals surface area contributed by atoms with Crippen LogP contribution in [0.5, 0.6) is 0 Å². The number of ether oxygens (including phenoxy) is 5. The van der Waals surface area contributed by atoms with Crippen LogP contribution in [-0.2, 0) is 36.3 Å². The van der Waals surface area contributed by atoms with Gasteiger partial charge in [-0.25, -0.2) is 0 Å². The molecule has 1 N–H and O–H groups in total. The van der Waals surface area contributed by atoms with E-state index in [9.17, 15) is 0 Å². The van der Waals surface area contributed by atoms with E-state index in [2.05, 4.69) is 67.4 Å². The van der Waals surface area contributed by atoms with Gasteiger partial charge in [0.2, 0.25) is 0 Å². The third kappa shape index (κ3) is 60.4. The van der Waals surface area contributed by atoms with Crippen LogP contribution in [0, 0.1) is 0 Å². The molecule has 0 amide bonds. The van der Waals surface area contributed by atoms with Crippen molar-refractivity contribution >= 4 is 25.4 Å². The lowest BCUT2D eigenvalue weighted by atomic mass is 10.2. The van der Waals surface area contributed by atoms with Gasteiger partial charge in [-0.3, -0.25) is 0 Å². The second-order valence-electron chi connectivity index (χ2n) is 15.4. The van der Waals surface area contributed by atoms with Crippen molar-refractivity contribution in [3.8, 4) is 0 Å². The van der Waals surface area contributed by atoms with Crippen LogP contribution < -0.4 is 0 Å². The number of hydrogen-bond acceptors (Lipinski definition) is 9. The average molecular weight is 912 g/mol. The number of unbranched alkanes of at least 4 members (excludes halogenated alkanes) is 10. The van der Waals surface area contributed by atoms with Crippen LogP contribution in [0.15, 0.2) is 0 Å². The molecule has 1 aliphatic rings. The van der Waals surface area contributed by atoms with Crippen LogP contribution in [0.3, 0.4) is 0 Å². The van der Waals surface area contributed by atoms with E-state index in [0.717, 1.165) is 64.8 Å². The van der Waals surface area contributed by atoms with Crippen molar-refractivity contribution in [1.82, 2.24) is 0 Å². The fourth-order valence-corrected chi connectivity index (χ4v) is 19.4. The molecule has 3 atom stereocenters. The zero-order chi connectivity index (χ0) is 39.4. The lowest BCUT2D eigenvalue weighted by Crippen LogP contribution is -2.54. The van der Waals surface area contributed by atoms with Gasteiger partial charge in [-0.1, -0.05) is 164 Å².